The Balaban J connectivity index is 1.93. The van der Waals surface area contributed by atoms with E-state index in [0.29, 0.717) is 21.9 Å². The van der Waals surface area contributed by atoms with Crippen molar-refractivity contribution in [2.45, 2.75) is 26.1 Å². The van der Waals surface area contributed by atoms with Gasteiger partial charge in [0.25, 0.3) is 5.56 Å². The summed E-state index contributed by atoms with van der Waals surface area (Å²) in [6.07, 6.45) is -3.60. The molecule has 2 heterocycles. The number of carbonyl (C=O) groups excluding carboxylic acids is 2. The first-order valence-electron chi connectivity index (χ1n) is 12.0. The Kier molecular flexibility index (Phi) is 8.79. The van der Waals surface area contributed by atoms with E-state index in [1.54, 1.807) is 31.2 Å². The lowest BCUT2D eigenvalue weighted by Gasteiger charge is -2.26. The van der Waals surface area contributed by atoms with E-state index >= 15 is 0 Å². The van der Waals surface area contributed by atoms with Crippen molar-refractivity contribution in [3.63, 3.8) is 0 Å². The van der Waals surface area contributed by atoms with E-state index in [1.807, 2.05) is 0 Å². The fourth-order valence-corrected chi connectivity index (χ4v) is 5.13. The molecule has 0 fully saturated rings. The topological polar surface area (TPSA) is 96.2 Å². The molecule has 0 saturated heterocycles. The average Bonchev–Trinajstić information content (AvgIpc) is 3.22. The fourth-order valence-electron chi connectivity index (χ4n) is 4.01. The van der Waals surface area contributed by atoms with Crippen molar-refractivity contribution >= 4 is 41.0 Å². The summed E-state index contributed by atoms with van der Waals surface area (Å²) in [5.41, 5.74) is -2.35. The number of carbonyl (C=O) groups is 2. The zero-order chi connectivity index (χ0) is 29.0. The van der Waals surface area contributed by atoms with E-state index in [1.165, 1.54) is 37.3 Å². The molecule has 8 nitrogen and oxygen atoms in total. The number of fused-ring (bicyclic) bond motifs is 1. The molecule has 210 valence electrons. The van der Waals surface area contributed by atoms with Gasteiger partial charge in [0.1, 0.15) is 5.75 Å². The summed E-state index contributed by atoms with van der Waals surface area (Å²) in [7, 11) is 0. The van der Waals surface area contributed by atoms with Crippen LogP contribution in [-0.4, -0.2) is 42.5 Å². The minimum absolute atomic E-state index is 0.0246. The number of benzene rings is 2. The number of hydrogen-bond acceptors (Lipinski definition) is 8. The lowest BCUT2D eigenvalue weighted by atomic mass is 9.95. The molecule has 0 unspecified atom stereocenters. The molecule has 0 bridgehead atoms. The highest BCUT2D eigenvalue weighted by atomic mass is 35.5. The van der Waals surface area contributed by atoms with E-state index in [-0.39, 0.29) is 40.5 Å². The predicted octanol–water partition coefficient (Wildman–Crippen LogP) is 3.94. The van der Waals surface area contributed by atoms with Crippen LogP contribution in [0.15, 0.2) is 69.6 Å². The third-order valence-corrected chi connectivity index (χ3v) is 6.87. The van der Waals surface area contributed by atoms with Crippen LogP contribution in [0, 0.1) is 0 Å². The van der Waals surface area contributed by atoms with E-state index in [4.69, 9.17) is 25.8 Å². The molecule has 3 aromatic rings. The Bertz CT molecular complexity index is 1640. The number of allylic oxidation sites excluding steroid dienone is 1. The normalized spacial score (nSPS) is 15.3. The van der Waals surface area contributed by atoms with Gasteiger partial charge < -0.3 is 14.2 Å². The molecule has 1 aromatic heterocycles. The van der Waals surface area contributed by atoms with Crippen LogP contribution in [0.2, 0.25) is 5.02 Å². The number of ether oxygens (including phenoxy) is 3. The smallest absolute Gasteiger partial charge is 0.434 e. The van der Waals surface area contributed by atoms with Gasteiger partial charge in [0.2, 0.25) is 0 Å². The molecule has 1 aliphatic rings. The van der Waals surface area contributed by atoms with Gasteiger partial charge in [-0.2, -0.15) is 13.2 Å². The minimum Gasteiger partial charge on any atom is -0.481 e. The maximum atomic E-state index is 14.2. The van der Waals surface area contributed by atoms with Gasteiger partial charge in [0, 0.05) is 10.6 Å². The third-order valence-electron chi connectivity index (χ3n) is 5.64. The van der Waals surface area contributed by atoms with Crippen molar-refractivity contribution in [2.24, 2.45) is 4.99 Å². The molecule has 0 N–H and O–H groups in total. The maximum Gasteiger partial charge on any atom is 0.434 e. The minimum atomic E-state index is -5.02. The molecule has 1 atom stereocenters. The van der Waals surface area contributed by atoms with Crippen LogP contribution in [0.5, 0.6) is 5.75 Å². The highest BCUT2D eigenvalue weighted by Gasteiger charge is 2.45. The summed E-state index contributed by atoms with van der Waals surface area (Å²) in [6.45, 7) is 2.72. The van der Waals surface area contributed by atoms with Gasteiger partial charge >= 0.3 is 18.1 Å². The molecule has 0 amide bonds. The largest absolute Gasteiger partial charge is 0.481 e. The SMILES string of the molecule is CCOC(=O)COc1ccccc1/C=c1\sc2n(c1=O)[C@@H](c1ccc(Cl)cc1)C(C(=O)OCC)=C(C(F)(F)F)N=2. The number of rotatable bonds is 8. The van der Waals surface area contributed by atoms with Crippen molar-refractivity contribution in [3.05, 3.63) is 95.6 Å². The van der Waals surface area contributed by atoms with Crippen LogP contribution < -0.4 is 19.6 Å². The quantitative estimate of drug-likeness (QED) is 0.367. The van der Waals surface area contributed by atoms with Crippen molar-refractivity contribution in [1.82, 2.24) is 4.57 Å². The molecule has 0 aliphatic carbocycles. The van der Waals surface area contributed by atoms with Crippen LogP contribution in [0.4, 0.5) is 13.2 Å². The Labute approximate surface area is 234 Å². The highest BCUT2D eigenvalue weighted by Crippen LogP contribution is 2.38. The van der Waals surface area contributed by atoms with Crippen molar-refractivity contribution in [3.8, 4) is 5.75 Å². The number of alkyl halides is 3. The summed E-state index contributed by atoms with van der Waals surface area (Å²) in [4.78, 5) is 41.8. The maximum absolute atomic E-state index is 14.2. The fraction of sp³-hybridized carbons (Fsp3) is 0.259. The van der Waals surface area contributed by atoms with Crippen LogP contribution in [0.1, 0.15) is 31.0 Å². The van der Waals surface area contributed by atoms with Gasteiger partial charge in [-0.25, -0.2) is 14.6 Å². The first-order valence-corrected chi connectivity index (χ1v) is 13.2. The first kappa shape index (κ1) is 29.1. The number of thiazole rings is 1. The Morgan fingerprint density at radius 2 is 1.75 bits per heavy atom. The van der Waals surface area contributed by atoms with Crippen molar-refractivity contribution < 1.29 is 37.0 Å². The zero-order valence-electron chi connectivity index (χ0n) is 21.2. The summed E-state index contributed by atoms with van der Waals surface area (Å²) in [5.74, 6) is -1.59. The summed E-state index contributed by atoms with van der Waals surface area (Å²) in [6, 6.07) is 10.8. The highest BCUT2D eigenvalue weighted by molar-refractivity contribution is 7.07. The third kappa shape index (κ3) is 6.13. The molecule has 2 aromatic carbocycles. The molecule has 0 saturated carbocycles. The van der Waals surface area contributed by atoms with Gasteiger partial charge in [-0.05, 0) is 43.7 Å². The van der Waals surface area contributed by atoms with Crippen LogP contribution in [0.25, 0.3) is 6.08 Å². The molecular formula is C27H22ClF3N2O6S. The van der Waals surface area contributed by atoms with E-state index in [9.17, 15) is 27.6 Å². The molecule has 0 spiro atoms. The summed E-state index contributed by atoms with van der Waals surface area (Å²) in [5, 5.41) is 0.313. The van der Waals surface area contributed by atoms with Crippen LogP contribution in [0.3, 0.4) is 0 Å². The standard InChI is InChI=1S/C27H22ClF3N2O6S/c1-3-37-20(34)14-39-18-8-6-5-7-16(18)13-19-24(35)33-22(15-9-11-17(28)12-10-15)21(25(36)38-4-2)23(27(29,30)31)32-26(33)40-19/h5-13,22H,3-4,14H2,1-2H3/b19-13-/t22-/m0/s1. The lowest BCUT2D eigenvalue weighted by Crippen LogP contribution is -2.41. The Morgan fingerprint density at radius 3 is 2.40 bits per heavy atom. The number of para-hydroxylation sites is 1. The summed E-state index contributed by atoms with van der Waals surface area (Å²) >= 11 is 6.70. The molecule has 1 aliphatic heterocycles. The molecule has 40 heavy (non-hydrogen) atoms. The summed E-state index contributed by atoms with van der Waals surface area (Å²) < 4.78 is 59.1. The molecule has 4 rings (SSSR count). The number of nitrogens with zero attached hydrogens (tertiary/aromatic N) is 2. The van der Waals surface area contributed by atoms with E-state index in [0.717, 1.165) is 4.57 Å². The number of aromatic nitrogens is 1. The van der Waals surface area contributed by atoms with Crippen LogP contribution in [-0.2, 0) is 19.1 Å². The van der Waals surface area contributed by atoms with Crippen molar-refractivity contribution in [2.75, 3.05) is 19.8 Å². The van der Waals surface area contributed by atoms with Gasteiger partial charge in [-0.15, -0.1) is 0 Å². The van der Waals surface area contributed by atoms with Crippen LogP contribution >= 0.6 is 22.9 Å². The first-order chi connectivity index (χ1) is 19.0. The van der Waals surface area contributed by atoms with Crippen molar-refractivity contribution in [1.29, 1.82) is 0 Å². The van der Waals surface area contributed by atoms with Gasteiger partial charge in [-0.3, -0.25) is 9.36 Å². The lowest BCUT2D eigenvalue weighted by molar-refractivity contribution is -0.145. The number of halogens is 4. The monoisotopic (exact) mass is 594 g/mol. The van der Waals surface area contributed by atoms with E-state index in [2.05, 4.69) is 4.99 Å². The second kappa shape index (κ2) is 12.1. The number of esters is 2. The second-order valence-electron chi connectivity index (χ2n) is 8.25. The number of hydrogen-bond donors (Lipinski definition) is 0. The Morgan fingerprint density at radius 1 is 1.07 bits per heavy atom. The van der Waals surface area contributed by atoms with E-state index < -0.39 is 41.0 Å². The predicted molar refractivity (Wildman–Crippen MR) is 141 cm³/mol. The molecule has 13 heteroatoms. The zero-order valence-corrected chi connectivity index (χ0v) is 22.7. The molecular weight excluding hydrogens is 573 g/mol. The Hall–Kier alpha value is -3.90. The van der Waals surface area contributed by atoms with Gasteiger partial charge in [-0.1, -0.05) is 53.3 Å². The van der Waals surface area contributed by atoms with Gasteiger partial charge in [0.05, 0.1) is 29.4 Å². The van der Waals surface area contributed by atoms with Gasteiger partial charge in [0.15, 0.2) is 17.1 Å². The molecule has 0 radical (unpaired) electrons. The second-order valence-corrected chi connectivity index (χ2v) is 9.69. The average molecular weight is 595 g/mol.